The SMILES string of the molecule is CCC(C)N(C)CCNC(=O)COc1ccc(C#N)cc1. The quantitative estimate of drug-likeness (QED) is 0.792. The second kappa shape index (κ2) is 8.98. The first-order valence-electron chi connectivity index (χ1n) is 7.16. The zero-order chi connectivity index (χ0) is 15.7. The van der Waals surface area contributed by atoms with Crippen LogP contribution in [0.2, 0.25) is 0 Å². The summed E-state index contributed by atoms with van der Waals surface area (Å²) in [6, 6.07) is 9.23. The van der Waals surface area contributed by atoms with E-state index in [1.807, 2.05) is 13.1 Å². The zero-order valence-corrected chi connectivity index (χ0v) is 12.9. The highest BCUT2D eigenvalue weighted by Crippen LogP contribution is 2.11. The molecule has 1 aromatic carbocycles. The average Bonchev–Trinajstić information content (AvgIpc) is 2.52. The van der Waals surface area contributed by atoms with Crippen molar-refractivity contribution in [1.29, 1.82) is 5.26 Å². The summed E-state index contributed by atoms with van der Waals surface area (Å²) in [5, 5.41) is 11.5. The van der Waals surface area contributed by atoms with Crippen LogP contribution < -0.4 is 10.1 Å². The van der Waals surface area contributed by atoms with Gasteiger partial charge in [0, 0.05) is 19.1 Å². The predicted octanol–water partition coefficient (Wildman–Crippen LogP) is 1.78. The van der Waals surface area contributed by atoms with Gasteiger partial charge in [-0.1, -0.05) is 6.92 Å². The third-order valence-electron chi connectivity index (χ3n) is 3.48. The highest BCUT2D eigenvalue weighted by Gasteiger charge is 2.07. The first-order chi connectivity index (χ1) is 10.1. The first-order valence-corrected chi connectivity index (χ1v) is 7.16. The molecule has 0 fully saturated rings. The summed E-state index contributed by atoms with van der Waals surface area (Å²) in [7, 11) is 2.05. The number of carbonyl (C=O) groups is 1. The van der Waals surface area contributed by atoms with Crippen molar-refractivity contribution in [2.45, 2.75) is 26.3 Å². The Morgan fingerprint density at radius 3 is 2.67 bits per heavy atom. The van der Waals surface area contributed by atoms with Crippen molar-refractivity contribution in [1.82, 2.24) is 10.2 Å². The second-order valence-electron chi connectivity index (χ2n) is 5.01. The molecule has 1 amide bonds. The largest absolute Gasteiger partial charge is 0.484 e. The molecule has 1 atom stereocenters. The summed E-state index contributed by atoms with van der Waals surface area (Å²) < 4.78 is 5.36. The third-order valence-corrected chi connectivity index (χ3v) is 3.48. The van der Waals surface area contributed by atoms with E-state index < -0.39 is 0 Å². The molecule has 1 unspecified atom stereocenters. The number of rotatable bonds is 8. The van der Waals surface area contributed by atoms with Gasteiger partial charge in [-0.3, -0.25) is 4.79 Å². The van der Waals surface area contributed by atoms with Gasteiger partial charge in [0.1, 0.15) is 5.75 Å². The molecule has 0 aliphatic heterocycles. The van der Waals surface area contributed by atoms with E-state index in [9.17, 15) is 4.79 Å². The molecule has 0 bridgehead atoms. The molecule has 0 heterocycles. The number of likely N-dealkylation sites (N-methyl/N-ethyl adjacent to an activating group) is 1. The van der Waals surface area contributed by atoms with E-state index in [0.717, 1.165) is 13.0 Å². The Morgan fingerprint density at radius 2 is 2.10 bits per heavy atom. The van der Waals surface area contributed by atoms with Gasteiger partial charge in [-0.2, -0.15) is 5.26 Å². The van der Waals surface area contributed by atoms with E-state index in [4.69, 9.17) is 10.00 Å². The minimum atomic E-state index is -0.142. The molecule has 5 nitrogen and oxygen atoms in total. The lowest BCUT2D eigenvalue weighted by molar-refractivity contribution is -0.123. The van der Waals surface area contributed by atoms with E-state index in [2.05, 4.69) is 24.1 Å². The second-order valence-corrected chi connectivity index (χ2v) is 5.01. The van der Waals surface area contributed by atoms with E-state index in [0.29, 0.717) is 23.9 Å². The van der Waals surface area contributed by atoms with E-state index in [1.54, 1.807) is 24.3 Å². The number of benzene rings is 1. The summed E-state index contributed by atoms with van der Waals surface area (Å²) in [5.74, 6) is 0.442. The third kappa shape index (κ3) is 6.28. The van der Waals surface area contributed by atoms with Crippen molar-refractivity contribution in [3.8, 4) is 11.8 Å². The molecule has 114 valence electrons. The van der Waals surface area contributed by atoms with Gasteiger partial charge in [-0.15, -0.1) is 0 Å². The Morgan fingerprint density at radius 1 is 1.43 bits per heavy atom. The summed E-state index contributed by atoms with van der Waals surface area (Å²) in [6.45, 7) is 5.72. The van der Waals surface area contributed by atoms with Gasteiger partial charge < -0.3 is 15.0 Å². The monoisotopic (exact) mass is 289 g/mol. The van der Waals surface area contributed by atoms with Crippen LogP contribution in [0.3, 0.4) is 0 Å². The molecule has 0 radical (unpaired) electrons. The molecule has 21 heavy (non-hydrogen) atoms. The summed E-state index contributed by atoms with van der Waals surface area (Å²) in [4.78, 5) is 13.9. The number of nitrogens with zero attached hydrogens (tertiary/aromatic N) is 2. The predicted molar refractivity (Wildman–Crippen MR) is 82.0 cm³/mol. The standard InChI is InChI=1S/C16H23N3O2/c1-4-13(2)19(3)10-9-18-16(20)12-21-15-7-5-14(11-17)6-8-15/h5-8,13H,4,9-10,12H2,1-3H3,(H,18,20). The summed E-state index contributed by atoms with van der Waals surface area (Å²) >= 11 is 0. The lowest BCUT2D eigenvalue weighted by Crippen LogP contribution is -2.38. The number of hydrogen-bond acceptors (Lipinski definition) is 4. The molecular formula is C16H23N3O2. The fraction of sp³-hybridized carbons (Fsp3) is 0.500. The first kappa shape index (κ1) is 17.0. The van der Waals surface area contributed by atoms with Gasteiger partial charge >= 0.3 is 0 Å². The fourth-order valence-corrected chi connectivity index (χ4v) is 1.73. The minimum Gasteiger partial charge on any atom is -0.484 e. The van der Waals surface area contributed by atoms with Crippen LogP contribution in [0.15, 0.2) is 24.3 Å². The maximum atomic E-state index is 11.7. The van der Waals surface area contributed by atoms with Gasteiger partial charge in [-0.25, -0.2) is 0 Å². The highest BCUT2D eigenvalue weighted by molar-refractivity contribution is 5.77. The average molecular weight is 289 g/mol. The van der Waals surface area contributed by atoms with Crippen molar-refractivity contribution >= 4 is 5.91 Å². The van der Waals surface area contributed by atoms with Crippen LogP contribution in [0.4, 0.5) is 0 Å². The van der Waals surface area contributed by atoms with Gasteiger partial charge in [0.05, 0.1) is 11.6 Å². The van der Waals surface area contributed by atoms with Crippen molar-refractivity contribution in [3.63, 3.8) is 0 Å². The number of ether oxygens (including phenoxy) is 1. The van der Waals surface area contributed by atoms with Crippen LogP contribution in [0.5, 0.6) is 5.75 Å². The molecule has 0 aliphatic carbocycles. The Balaban J connectivity index is 2.23. The van der Waals surface area contributed by atoms with Crippen LogP contribution in [0, 0.1) is 11.3 Å². The molecule has 1 N–H and O–H groups in total. The normalized spacial score (nSPS) is 11.8. The van der Waals surface area contributed by atoms with E-state index >= 15 is 0 Å². The smallest absolute Gasteiger partial charge is 0.257 e. The minimum absolute atomic E-state index is 0.0149. The zero-order valence-electron chi connectivity index (χ0n) is 12.9. The molecule has 1 rings (SSSR count). The molecule has 0 aromatic heterocycles. The van der Waals surface area contributed by atoms with Crippen LogP contribution >= 0.6 is 0 Å². The molecule has 1 aromatic rings. The summed E-state index contributed by atoms with van der Waals surface area (Å²) in [5.41, 5.74) is 0.569. The topological polar surface area (TPSA) is 65.4 Å². The molecule has 0 spiro atoms. The lowest BCUT2D eigenvalue weighted by Gasteiger charge is -2.23. The van der Waals surface area contributed by atoms with E-state index in [-0.39, 0.29) is 12.5 Å². The van der Waals surface area contributed by atoms with Gasteiger partial charge in [0.15, 0.2) is 6.61 Å². The maximum Gasteiger partial charge on any atom is 0.257 e. The van der Waals surface area contributed by atoms with Gasteiger partial charge in [-0.05, 0) is 44.7 Å². The van der Waals surface area contributed by atoms with Crippen molar-refractivity contribution in [2.75, 3.05) is 26.7 Å². The molecule has 5 heteroatoms. The van der Waals surface area contributed by atoms with Crippen molar-refractivity contribution in [3.05, 3.63) is 29.8 Å². The Kier molecular flexibility index (Phi) is 7.27. The Bertz CT molecular complexity index is 479. The number of nitrogens with one attached hydrogen (secondary N) is 1. The number of amides is 1. The number of carbonyl (C=O) groups excluding carboxylic acids is 1. The van der Waals surface area contributed by atoms with E-state index in [1.165, 1.54) is 0 Å². The maximum absolute atomic E-state index is 11.7. The number of nitriles is 1. The van der Waals surface area contributed by atoms with Crippen molar-refractivity contribution < 1.29 is 9.53 Å². The van der Waals surface area contributed by atoms with Gasteiger partial charge in [0.25, 0.3) is 5.91 Å². The van der Waals surface area contributed by atoms with Crippen LogP contribution in [-0.2, 0) is 4.79 Å². The van der Waals surface area contributed by atoms with Crippen molar-refractivity contribution in [2.24, 2.45) is 0 Å². The van der Waals surface area contributed by atoms with Crippen LogP contribution in [0.1, 0.15) is 25.8 Å². The molecule has 0 saturated heterocycles. The molecule has 0 saturated carbocycles. The molecular weight excluding hydrogens is 266 g/mol. The van der Waals surface area contributed by atoms with Gasteiger partial charge in [0.2, 0.25) is 0 Å². The van der Waals surface area contributed by atoms with Crippen LogP contribution in [-0.4, -0.2) is 43.6 Å². The fourth-order valence-electron chi connectivity index (χ4n) is 1.73. The van der Waals surface area contributed by atoms with Crippen LogP contribution in [0.25, 0.3) is 0 Å². The Labute approximate surface area is 126 Å². The lowest BCUT2D eigenvalue weighted by atomic mass is 10.2. The number of hydrogen-bond donors (Lipinski definition) is 1. The molecule has 0 aliphatic rings. The Hall–Kier alpha value is -2.06. The summed E-state index contributed by atoms with van der Waals surface area (Å²) in [6.07, 6.45) is 1.09. The highest BCUT2D eigenvalue weighted by atomic mass is 16.5.